The Labute approximate surface area is 357 Å². The van der Waals surface area contributed by atoms with Gasteiger partial charge >= 0.3 is 0 Å². The molecule has 1 aliphatic heterocycles. The maximum Gasteiger partial charge on any atom is 0.135 e. The van der Waals surface area contributed by atoms with E-state index in [0.29, 0.717) is 23.3 Å². The fourth-order valence-corrected chi connectivity index (χ4v) is 8.14. The molecule has 8 aromatic rings. The van der Waals surface area contributed by atoms with Crippen LogP contribution in [0.15, 0.2) is 140 Å². The number of ether oxygens (including phenoxy) is 1. The van der Waals surface area contributed by atoms with Gasteiger partial charge in [0.2, 0.25) is 0 Å². The van der Waals surface area contributed by atoms with E-state index in [1.54, 1.807) is 0 Å². The predicted octanol–water partition coefficient (Wildman–Crippen LogP) is 14.2. The van der Waals surface area contributed by atoms with Crippen molar-refractivity contribution < 1.29 is 25.8 Å². The first-order chi connectivity index (χ1) is 27.5. The van der Waals surface area contributed by atoms with Gasteiger partial charge in [0, 0.05) is 61.3 Å². The van der Waals surface area contributed by atoms with E-state index in [0.717, 1.165) is 50.4 Å². The normalized spacial score (nSPS) is 12.8. The van der Waals surface area contributed by atoms with Crippen molar-refractivity contribution in [3.05, 3.63) is 175 Å². The van der Waals surface area contributed by atoms with Crippen molar-refractivity contribution in [3.63, 3.8) is 0 Å². The number of fused-ring (bicyclic) bond motifs is 4. The molecule has 0 unspecified atom stereocenters. The molecule has 0 saturated heterocycles. The maximum atomic E-state index is 6.58. The molecule has 2 aromatic heterocycles. The topological polar surface area (TPSA) is 33.5 Å². The first-order valence-electron chi connectivity index (χ1n) is 19.9. The third-order valence-corrected chi connectivity index (χ3v) is 11.0. The standard InChI is InChI=1S/C52H47N4O.Pt/c1-34(2)42-20-14-21-43(35(3)4)51(42)36-15-12-16-38(29-36)54-33-55(48-24-11-10-23-47(48)54)39-17-13-18-40(31-39)57-41-25-26-45-44-19-8-9-22-46(44)56(49(45)32-41)50-30-37(27-28-53-50)52(5,6)7;/h8-30,33-35H,1-7H3;/q-3;. The molecule has 0 amide bonds. The van der Waals surface area contributed by atoms with Crippen LogP contribution in [-0.2, 0) is 26.5 Å². The van der Waals surface area contributed by atoms with Gasteiger partial charge < -0.3 is 19.1 Å². The van der Waals surface area contributed by atoms with E-state index in [1.165, 1.54) is 27.8 Å². The zero-order valence-corrected chi connectivity index (χ0v) is 36.3. The van der Waals surface area contributed by atoms with Gasteiger partial charge in [-0.3, -0.25) is 0 Å². The summed E-state index contributed by atoms with van der Waals surface area (Å²) in [4.78, 5) is 9.30. The molecule has 0 radical (unpaired) electrons. The van der Waals surface area contributed by atoms with Crippen LogP contribution in [0.1, 0.15) is 77.0 Å². The molecule has 6 heteroatoms. The predicted molar refractivity (Wildman–Crippen MR) is 237 cm³/mol. The SMILES string of the molecule is CC(C)c1cccc(C(C)C)c1-c1cccc(N2[CH-]N(c3[c-]c(Oc4[c-]c5c(cc4)c4ccccc4n5-c4cc(C(C)(C)C)ccn4)ccc3)c3ccccc32)c1.[Pt]. The van der Waals surface area contributed by atoms with Crippen LogP contribution < -0.4 is 14.5 Å². The molecule has 294 valence electrons. The fraction of sp³-hybridized carbons (Fsp3) is 0.192. The van der Waals surface area contributed by atoms with E-state index in [9.17, 15) is 0 Å². The van der Waals surface area contributed by atoms with Crippen molar-refractivity contribution in [2.45, 2.75) is 65.7 Å². The van der Waals surface area contributed by atoms with Gasteiger partial charge in [-0.15, -0.1) is 48.1 Å². The van der Waals surface area contributed by atoms with Crippen LogP contribution in [-0.4, -0.2) is 9.55 Å². The Balaban J connectivity index is 0.00000469. The van der Waals surface area contributed by atoms with Crippen LogP contribution in [0.4, 0.5) is 22.7 Å². The van der Waals surface area contributed by atoms with Crippen LogP contribution in [0.3, 0.4) is 0 Å². The number of hydrogen-bond acceptors (Lipinski definition) is 4. The summed E-state index contributed by atoms with van der Waals surface area (Å²) in [7, 11) is 0. The van der Waals surface area contributed by atoms with Gasteiger partial charge in [0.15, 0.2) is 0 Å². The number of pyridine rings is 1. The van der Waals surface area contributed by atoms with Gasteiger partial charge in [0.25, 0.3) is 0 Å². The van der Waals surface area contributed by atoms with Crippen molar-refractivity contribution in [1.29, 1.82) is 0 Å². The summed E-state index contributed by atoms with van der Waals surface area (Å²) in [5, 5.41) is 2.24. The maximum absolute atomic E-state index is 6.58. The summed E-state index contributed by atoms with van der Waals surface area (Å²) in [5.41, 5.74) is 12.7. The van der Waals surface area contributed by atoms with Crippen molar-refractivity contribution in [2.24, 2.45) is 0 Å². The number of anilines is 4. The zero-order chi connectivity index (χ0) is 39.4. The summed E-state index contributed by atoms with van der Waals surface area (Å²) < 4.78 is 8.77. The van der Waals surface area contributed by atoms with Gasteiger partial charge in [-0.05, 0) is 92.9 Å². The average Bonchev–Trinajstić information content (AvgIpc) is 3.76. The summed E-state index contributed by atoms with van der Waals surface area (Å²) in [6.07, 6.45) is 1.90. The molecule has 0 aliphatic carbocycles. The van der Waals surface area contributed by atoms with Gasteiger partial charge in [-0.2, -0.15) is 12.1 Å². The summed E-state index contributed by atoms with van der Waals surface area (Å²) in [6.45, 7) is 18.0. The zero-order valence-electron chi connectivity index (χ0n) is 34.0. The van der Waals surface area contributed by atoms with E-state index >= 15 is 0 Å². The molecule has 1 aliphatic rings. The van der Waals surface area contributed by atoms with Crippen molar-refractivity contribution in [1.82, 2.24) is 9.55 Å². The Kier molecular flexibility index (Phi) is 10.5. The second-order valence-electron chi connectivity index (χ2n) is 16.6. The molecule has 3 heterocycles. The molecule has 9 rings (SSSR count). The molecule has 5 nitrogen and oxygen atoms in total. The molecule has 0 atom stereocenters. The number of benzene rings is 6. The summed E-state index contributed by atoms with van der Waals surface area (Å²) in [5.74, 6) is 2.90. The van der Waals surface area contributed by atoms with E-state index in [4.69, 9.17) is 9.72 Å². The largest absolute Gasteiger partial charge is 0.509 e. The second kappa shape index (κ2) is 15.6. The summed E-state index contributed by atoms with van der Waals surface area (Å²) >= 11 is 0. The van der Waals surface area contributed by atoms with Gasteiger partial charge in [-0.25, -0.2) is 4.98 Å². The van der Waals surface area contributed by atoms with E-state index in [2.05, 4.69) is 197 Å². The quantitative estimate of drug-likeness (QED) is 0.142. The van der Waals surface area contributed by atoms with Crippen LogP contribution in [0.25, 0.3) is 38.8 Å². The van der Waals surface area contributed by atoms with Crippen LogP contribution in [0.5, 0.6) is 11.5 Å². The van der Waals surface area contributed by atoms with Gasteiger partial charge in [0.1, 0.15) is 5.82 Å². The molecule has 0 N–H and O–H groups in total. The van der Waals surface area contributed by atoms with Gasteiger partial charge in [0.05, 0.1) is 0 Å². The van der Waals surface area contributed by atoms with Crippen LogP contribution in [0, 0.1) is 18.8 Å². The minimum Gasteiger partial charge on any atom is -0.509 e. The molecule has 0 bridgehead atoms. The first kappa shape index (κ1) is 39.2. The number of aromatic nitrogens is 2. The second-order valence-corrected chi connectivity index (χ2v) is 16.6. The third kappa shape index (κ3) is 7.11. The molecule has 0 fully saturated rings. The minimum absolute atomic E-state index is 0. The smallest absolute Gasteiger partial charge is 0.135 e. The number of nitrogens with zero attached hydrogens (tertiary/aromatic N) is 4. The van der Waals surface area contributed by atoms with Crippen molar-refractivity contribution in [3.8, 4) is 28.4 Å². The minimum atomic E-state index is -0.0130. The fourth-order valence-electron chi connectivity index (χ4n) is 8.14. The van der Waals surface area contributed by atoms with E-state index in [-0.39, 0.29) is 26.5 Å². The molecule has 0 spiro atoms. The van der Waals surface area contributed by atoms with Gasteiger partial charge in [-0.1, -0.05) is 115 Å². The first-order valence-corrected chi connectivity index (χ1v) is 19.9. The molecular formula is C52H47N4OPt-3. The van der Waals surface area contributed by atoms with E-state index < -0.39 is 0 Å². The van der Waals surface area contributed by atoms with Crippen LogP contribution in [0.2, 0.25) is 0 Å². The van der Waals surface area contributed by atoms with E-state index in [1.807, 2.05) is 24.4 Å². The average molecular weight is 939 g/mol. The number of para-hydroxylation sites is 3. The Bertz CT molecular complexity index is 2750. The summed E-state index contributed by atoms with van der Waals surface area (Å²) in [6, 6.07) is 54.3. The van der Waals surface area contributed by atoms with Crippen molar-refractivity contribution >= 4 is 44.6 Å². The molecule has 58 heavy (non-hydrogen) atoms. The molecule has 6 aromatic carbocycles. The monoisotopic (exact) mass is 938 g/mol. The Morgan fingerprint density at radius 3 is 2.05 bits per heavy atom. The number of rotatable bonds is 8. The molecular weight excluding hydrogens is 892 g/mol. The van der Waals surface area contributed by atoms with Crippen molar-refractivity contribution in [2.75, 3.05) is 9.80 Å². The third-order valence-electron chi connectivity index (χ3n) is 11.0. The Morgan fingerprint density at radius 1 is 0.638 bits per heavy atom. The molecule has 0 saturated carbocycles. The van der Waals surface area contributed by atoms with Crippen LogP contribution >= 0.6 is 0 Å². The Morgan fingerprint density at radius 2 is 1.31 bits per heavy atom. The Hall–Kier alpha value is -5.64. The number of hydrogen-bond donors (Lipinski definition) is 0.